The van der Waals surface area contributed by atoms with Crippen LogP contribution in [0.1, 0.15) is 26.7 Å². The Kier molecular flexibility index (Phi) is 8.64. The zero-order chi connectivity index (χ0) is 12.4. The Balaban J connectivity index is 3.48. The van der Waals surface area contributed by atoms with E-state index in [1.807, 2.05) is 13.8 Å². The van der Waals surface area contributed by atoms with E-state index >= 15 is 0 Å². The third-order valence-electron chi connectivity index (χ3n) is 1.84. The van der Waals surface area contributed by atoms with Crippen LogP contribution in [0.4, 0.5) is 0 Å². The van der Waals surface area contributed by atoms with Gasteiger partial charge in [0.1, 0.15) is 0 Å². The number of carbonyl (C=O) groups is 1. The van der Waals surface area contributed by atoms with Crippen molar-refractivity contribution in [2.45, 2.75) is 31.4 Å². The number of hydrogen-bond donors (Lipinski definition) is 3. The number of amides is 1. The Labute approximate surface area is 101 Å². The van der Waals surface area contributed by atoms with Crippen molar-refractivity contribution in [2.75, 3.05) is 26.4 Å². The number of nitrogens with one attached hydrogen (secondary N) is 1. The smallest absolute Gasteiger partial charge is 0.222 e. The summed E-state index contributed by atoms with van der Waals surface area (Å²) in [7, 11) is 0. The number of carbonyl (C=O) groups excluding carboxylic acids is 1. The summed E-state index contributed by atoms with van der Waals surface area (Å²) in [6.45, 7) is 4.63. The normalized spacial score (nSPS) is 11.5. The maximum atomic E-state index is 11.1. The number of rotatable bonds is 9. The molecule has 5 nitrogen and oxygen atoms in total. The van der Waals surface area contributed by atoms with Crippen molar-refractivity contribution >= 4 is 17.9 Å². The molecule has 0 spiro atoms. The van der Waals surface area contributed by atoms with Crippen LogP contribution in [0.5, 0.6) is 0 Å². The van der Waals surface area contributed by atoms with Gasteiger partial charge in [-0.2, -0.15) is 0 Å². The van der Waals surface area contributed by atoms with Crippen LogP contribution >= 0.6 is 12.0 Å². The molecule has 0 aliphatic carbocycles. The van der Waals surface area contributed by atoms with E-state index in [0.717, 1.165) is 0 Å². The molecule has 0 aromatic carbocycles. The minimum absolute atomic E-state index is 0.0507. The van der Waals surface area contributed by atoms with Crippen molar-refractivity contribution in [2.24, 2.45) is 0 Å². The molecule has 0 heterocycles. The Bertz CT molecular complexity index is 199. The summed E-state index contributed by atoms with van der Waals surface area (Å²) >= 11 is 1.28. The molecule has 6 heteroatoms. The van der Waals surface area contributed by atoms with Crippen LogP contribution in [0.25, 0.3) is 0 Å². The lowest BCUT2D eigenvalue weighted by Gasteiger charge is -2.21. The highest BCUT2D eigenvalue weighted by atomic mass is 32.2. The van der Waals surface area contributed by atoms with Gasteiger partial charge in [-0.25, -0.2) is 0 Å². The summed E-state index contributed by atoms with van der Waals surface area (Å²) in [5.74, 6) is -0.130. The van der Waals surface area contributed by atoms with Crippen molar-refractivity contribution in [1.29, 1.82) is 0 Å². The zero-order valence-electron chi connectivity index (χ0n) is 9.86. The minimum Gasteiger partial charge on any atom is -0.396 e. The van der Waals surface area contributed by atoms with E-state index in [1.165, 1.54) is 12.0 Å². The van der Waals surface area contributed by atoms with E-state index in [9.17, 15) is 4.79 Å². The van der Waals surface area contributed by atoms with Crippen LogP contribution in [-0.4, -0.2) is 47.2 Å². The van der Waals surface area contributed by atoms with Crippen molar-refractivity contribution in [1.82, 2.24) is 5.32 Å². The van der Waals surface area contributed by atoms with Crippen LogP contribution in [0.2, 0.25) is 0 Å². The Hall–Kier alpha value is -0.300. The van der Waals surface area contributed by atoms with Crippen molar-refractivity contribution in [3.8, 4) is 0 Å². The third-order valence-corrected chi connectivity index (χ3v) is 2.78. The Morgan fingerprint density at radius 2 is 2.06 bits per heavy atom. The molecule has 0 aliphatic heterocycles. The molecule has 0 saturated heterocycles. The summed E-state index contributed by atoms with van der Waals surface area (Å²) in [5, 5.41) is 19.8. The number of aliphatic hydroxyl groups is 2. The molecule has 0 atom stereocenters. The van der Waals surface area contributed by atoms with E-state index in [4.69, 9.17) is 14.4 Å². The zero-order valence-corrected chi connectivity index (χ0v) is 10.7. The van der Waals surface area contributed by atoms with Gasteiger partial charge in [0, 0.05) is 17.9 Å². The maximum absolute atomic E-state index is 11.1. The SMILES string of the molecule is CC(C)(CCO)SOCCC(=O)NCCO. The minimum atomic E-state index is -0.143. The first-order valence-electron chi connectivity index (χ1n) is 5.31. The van der Waals surface area contributed by atoms with E-state index < -0.39 is 0 Å². The van der Waals surface area contributed by atoms with Crippen molar-refractivity contribution < 1.29 is 19.2 Å². The molecular formula is C10H21NO4S. The second-order valence-corrected chi connectivity index (χ2v) is 5.47. The van der Waals surface area contributed by atoms with Crippen LogP contribution in [0.3, 0.4) is 0 Å². The largest absolute Gasteiger partial charge is 0.396 e. The quantitative estimate of drug-likeness (QED) is 0.406. The molecule has 0 aliphatic rings. The van der Waals surface area contributed by atoms with Crippen LogP contribution in [-0.2, 0) is 8.98 Å². The highest BCUT2D eigenvalue weighted by molar-refractivity contribution is 7.96. The lowest BCUT2D eigenvalue weighted by Crippen LogP contribution is -2.27. The number of hydrogen-bond acceptors (Lipinski definition) is 5. The molecule has 0 rings (SSSR count). The van der Waals surface area contributed by atoms with Gasteiger partial charge in [0.2, 0.25) is 5.91 Å². The predicted molar refractivity (Wildman–Crippen MR) is 64.0 cm³/mol. The van der Waals surface area contributed by atoms with Gasteiger partial charge < -0.3 is 19.7 Å². The summed E-state index contributed by atoms with van der Waals surface area (Å²) in [5.41, 5.74) is 0. The first-order chi connectivity index (χ1) is 7.52. The summed E-state index contributed by atoms with van der Waals surface area (Å²) in [4.78, 5) is 11.1. The van der Waals surface area contributed by atoms with Gasteiger partial charge in [0.25, 0.3) is 0 Å². The average molecular weight is 251 g/mol. The standard InChI is InChI=1S/C10H21NO4S/c1-10(2,4-6-12)16-15-8-3-9(14)11-5-7-13/h12-13H,3-8H2,1-2H3,(H,11,14). The molecule has 0 saturated carbocycles. The van der Waals surface area contributed by atoms with E-state index in [1.54, 1.807) is 0 Å². The van der Waals surface area contributed by atoms with Gasteiger partial charge in [-0.15, -0.1) is 0 Å². The van der Waals surface area contributed by atoms with Gasteiger partial charge in [-0.1, -0.05) is 0 Å². The Morgan fingerprint density at radius 1 is 1.38 bits per heavy atom. The van der Waals surface area contributed by atoms with Crippen LogP contribution in [0, 0.1) is 0 Å². The van der Waals surface area contributed by atoms with Crippen LogP contribution < -0.4 is 5.32 Å². The first-order valence-corrected chi connectivity index (χ1v) is 6.05. The first kappa shape index (κ1) is 15.7. The molecule has 0 bridgehead atoms. The van der Waals surface area contributed by atoms with E-state index in [2.05, 4.69) is 5.32 Å². The predicted octanol–water partition coefficient (Wildman–Crippen LogP) is 0.311. The highest BCUT2D eigenvalue weighted by Crippen LogP contribution is 2.28. The topological polar surface area (TPSA) is 78.8 Å². The van der Waals surface area contributed by atoms with Gasteiger partial charge in [-0.3, -0.25) is 4.79 Å². The van der Waals surface area contributed by atoms with Gasteiger partial charge in [-0.05, 0) is 32.3 Å². The van der Waals surface area contributed by atoms with E-state index in [0.29, 0.717) is 13.0 Å². The molecule has 0 radical (unpaired) electrons. The lowest BCUT2D eigenvalue weighted by molar-refractivity contribution is -0.121. The lowest BCUT2D eigenvalue weighted by atomic mass is 10.1. The monoisotopic (exact) mass is 251 g/mol. The fourth-order valence-corrected chi connectivity index (χ4v) is 1.59. The maximum Gasteiger partial charge on any atom is 0.222 e. The fraction of sp³-hybridized carbons (Fsp3) is 0.900. The second-order valence-electron chi connectivity index (χ2n) is 3.96. The van der Waals surface area contributed by atoms with Crippen molar-refractivity contribution in [3.05, 3.63) is 0 Å². The molecule has 0 aromatic rings. The highest BCUT2D eigenvalue weighted by Gasteiger charge is 2.18. The molecule has 3 N–H and O–H groups in total. The molecule has 16 heavy (non-hydrogen) atoms. The summed E-state index contributed by atoms with van der Waals surface area (Å²) < 4.78 is 5.14. The second kappa shape index (κ2) is 8.81. The molecule has 1 amide bonds. The molecular weight excluding hydrogens is 230 g/mol. The molecule has 96 valence electrons. The average Bonchev–Trinajstić information content (AvgIpc) is 2.21. The summed E-state index contributed by atoms with van der Waals surface area (Å²) in [6.07, 6.45) is 0.927. The van der Waals surface area contributed by atoms with Crippen LogP contribution in [0.15, 0.2) is 0 Å². The molecule has 0 fully saturated rings. The third kappa shape index (κ3) is 8.96. The van der Waals surface area contributed by atoms with Gasteiger partial charge in [0.05, 0.1) is 19.6 Å². The molecule has 0 aromatic heterocycles. The van der Waals surface area contributed by atoms with E-state index in [-0.39, 0.29) is 36.8 Å². The van der Waals surface area contributed by atoms with Gasteiger partial charge in [0.15, 0.2) is 0 Å². The summed E-state index contributed by atoms with van der Waals surface area (Å²) in [6, 6.07) is 0. The van der Waals surface area contributed by atoms with Crippen molar-refractivity contribution in [3.63, 3.8) is 0 Å². The van der Waals surface area contributed by atoms with Gasteiger partial charge >= 0.3 is 0 Å². The Morgan fingerprint density at radius 3 is 2.62 bits per heavy atom. The number of aliphatic hydroxyl groups excluding tert-OH is 2. The molecule has 0 unspecified atom stereocenters. The fourth-order valence-electron chi connectivity index (χ4n) is 0.930.